The number of aryl methyl sites for hydroxylation is 3. The summed E-state index contributed by atoms with van der Waals surface area (Å²) in [6.45, 7) is 8.98. The van der Waals surface area contributed by atoms with Gasteiger partial charge in [-0.1, -0.05) is 24.6 Å². The zero-order valence-electron chi connectivity index (χ0n) is 23.0. The van der Waals surface area contributed by atoms with E-state index in [-0.39, 0.29) is 18.7 Å². The molecular weight excluding hydrogens is 554 g/mol. The SMILES string of the molecule is CSc1ncn2cc(C3=C(C(=O)O)N4C(=O)C([C@@H](C)O)[C@@H]4C3(C)CCOC(=O)Oc3c(C)cc(C)cc3C)sc12. The molecule has 0 spiro atoms. The maximum absolute atomic E-state index is 13.1. The van der Waals surface area contributed by atoms with E-state index in [9.17, 15) is 24.6 Å². The number of aromatic nitrogens is 2. The Hall–Kier alpha value is -3.35. The minimum absolute atomic E-state index is 0.0807. The Morgan fingerprint density at radius 3 is 2.52 bits per heavy atom. The van der Waals surface area contributed by atoms with Crippen LogP contribution in [-0.2, 0) is 14.3 Å². The average molecular weight is 586 g/mol. The van der Waals surface area contributed by atoms with E-state index < -0.39 is 41.5 Å². The van der Waals surface area contributed by atoms with Crippen LogP contribution in [0.25, 0.3) is 10.4 Å². The Labute approximate surface area is 239 Å². The second kappa shape index (κ2) is 10.2. The number of aliphatic hydroxyl groups excluding tert-OH is 1. The highest BCUT2D eigenvalue weighted by atomic mass is 32.2. The van der Waals surface area contributed by atoms with Crippen molar-refractivity contribution in [2.24, 2.45) is 11.3 Å². The van der Waals surface area contributed by atoms with E-state index in [2.05, 4.69) is 4.98 Å². The number of hydrogen-bond donors (Lipinski definition) is 2. The van der Waals surface area contributed by atoms with E-state index in [0.717, 1.165) is 26.5 Å². The lowest BCUT2D eigenvalue weighted by molar-refractivity contribution is -0.167. The van der Waals surface area contributed by atoms with Gasteiger partial charge in [0.1, 0.15) is 27.6 Å². The molecule has 0 saturated carbocycles. The summed E-state index contributed by atoms with van der Waals surface area (Å²) >= 11 is 2.87. The second-order valence-corrected chi connectivity index (χ2v) is 12.4. The van der Waals surface area contributed by atoms with Gasteiger partial charge in [-0.05, 0) is 51.5 Å². The van der Waals surface area contributed by atoms with Gasteiger partial charge < -0.3 is 24.6 Å². The number of hydrogen-bond acceptors (Lipinski definition) is 9. The molecule has 1 saturated heterocycles. The fourth-order valence-electron chi connectivity index (χ4n) is 6.15. The summed E-state index contributed by atoms with van der Waals surface area (Å²) in [6.07, 6.45) is 3.76. The van der Waals surface area contributed by atoms with Crippen LogP contribution < -0.4 is 4.74 Å². The van der Waals surface area contributed by atoms with Crippen LogP contribution in [0, 0.1) is 32.1 Å². The molecule has 212 valence electrons. The number of nitrogens with zero attached hydrogens (tertiary/aromatic N) is 3. The molecule has 4 heterocycles. The first kappa shape index (κ1) is 28.2. The molecule has 2 aliphatic heterocycles. The van der Waals surface area contributed by atoms with Gasteiger partial charge in [0.25, 0.3) is 0 Å². The van der Waals surface area contributed by atoms with Gasteiger partial charge >= 0.3 is 12.1 Å². The Morgan fingerprint density at radius 2 is 1.93 bits per heavy atom. The second-order valence-electron chi connectivity index (χ2n) is 10.6. The van der Waals surface area contributed by atoms with Crippen molar-refractivity contribution < 1.29 is 34.1 Å². The molecule has 2 aromatic heterocycles. The molecule has 40 heavy (non-hydrogen) atoms. The number of aliphatic carboxylic acids is 1. The van der Waals surface area contributed by atoms with Crippen LogP contribution in [0.2, 0.25) is 0 Å². The highest BCUT2D eigenvalue weighted by Crippen LogP contribution is 2.60. The van der Waals surface area contributed by atoms with Crippen LogP contribution in [0.4, 0.5) is 4.79 Å². The number of rotatable bonds is 8. The number of fused-ring (bicyclic) bond motifs is 2. The van der Waals surface area contributed by atoms with E-state index in [4.69, 9.17) is 9.47 Å². The zero-order chi connectivity index (χ0) is 29.1. The summed E-state index contributed by atoms with van der Waals surface area (Å²) in [5.41, 5.74) is 2.11. The number of carboxylic acids is 1. The zero-order valence-corrected chi connectivity index (χ0v) is 24.7. The third-order valence-corrected chi connectivity index (χ3v) is 9.76. The fraction of sp³-hybridized carbons (Fsp3) is 0.429. The number of carbonyl (C=O) groups is 3. The number of amides is 1. The largest absolute Gasteiger partial charge is 0.513 e. The number of ether oxygens (including phenoxy) is 2. The summed E-state index contributed by atoms with van der Waals surface area (Å²) in [5, 5.41) is 21.6. The van der Waals surface area contributed by atoms with Gasteiger partial charge in [0.05, 0.1) is 29.5 Å². The first-order chi connectivity index (χ1) is 18.9. The monoisotopic (exact) mass is 585 g/mol. The quantitative estimate of drug-likeness (QED) is 0.168. The first-order valence-corrected chi connectivity index (χ1v) is 14.9. The molecule has 0 aliphatic carbocycles. The Morgan fingerprint density at radius 1 is 1.25 bits per heavy atom. The number of thioether (sulfide) groups is 1. The van der Waals surface area contributed by atoms with Crippen molar-refractivity contribution in [3.05, 3.63) is 51.9 Å². The molecule has 1 amide bonds. The van der Waals surface area contributed by atoms with Gasteiger partial charge in [0, 0.05) is 17.2 Å². The number of carboxylic acid groups (broad SMARTS) is 1. The van der Waals surface area contributed by atoms with E-state index in [0.29, 0.717) is 16.2 Å². The molecule has 0 bridgehead atoms. The third kappa shape index (κ3) is 4.38. The van der Waals surface area contributed by atoms with Crippen molar-refractivity contribution in [2.45, 2.75) is 58.2 Å². The number of thiazole rings is 1. The molecule has 10 nitrogen and oxygen atoms in total. The van der Waals surface area contributed by atoms with Gasteiger partial charge in [0.15, 0.2) is 0 Å². The number of imidazole rings is 1. The van der Waals surface area contributed by atoms with Crippen LogP contribution >= 0.6 is 23.1 Å². The van der Waals surface area contributed by atoms with E-state index >= 15 is 0 Å². The molecule has 3 aromatic rings. The summed E-state index contributed by atoms with van der Waals surface area (Å²) in [7, 11) is 0. The summed E-state index contributed by atoms with van der Waals surface area (Å²) in [4.78, 5) is 45.6. The maximum atomic E-state index is 13.1. The van der Waals surface area contributed by atoms with Gasteiger partial charge in [-0.2, -0.15) is 0 Å². The van der Waals surface area contributed by atoms with E-state index in [1.165, 1.54) is 34.9 Å². The lowest BCUT2D eigenvalue weighted by Gasteiger charge is -2.50. The topological polar surface area (TPSA) is 131 Å². The Kier molecular flexibility index (Phi) is 7.22. The summed E-state index contributed by atoms with van der Waals surface area (Å²) in [5.74, 6) is -2.00. The van der Waals surface area contributed by atoms with Gasteiger partial charge in [-0.15, -0.1) is 23.1 Å². The van der Waals surface area contributed by atoms with Crippen molar-refractivity contribution in [1.29, 1.82) is 0 Å². The standard InChI is InChI=1S/C28H31N3O7S2/c1-13-9-14(2)21(15(3)10-13)38-27(36)37-8-7-28(5)19(17-11-30-12-29-23(39-6)25(30)40-17)20(26(34)35)31-22(28)18(16(4)32)24(31)33/h9-12,16,18,22,32H,7-8H2,1-6H3,(H,34,35)/t16-,18?,22-,28?/m1/s1. The Balaban J connectivity index is 1.47. The smallest absolute Gasteiger partial charge is 0.477 e. The van der Waals surface area contributed by atoms with Crippen LogP contribution in [0.15, 0.2) is 35.4 Å². The van der Waals surface area contributed by atoms with Crippen LogP contribution in [0.1, 0.15) is 41.8 Å². The highest BCUT2D eigenvalue weighted by Gasteiger charge is 2.66. The van der Waals surface area contributed by atoms with Gasteiger partial charge in [-0.3, -0.25) is 9.20 Å². The molecule has 12 heteroatoms. The minimum Gasteiger partial charge on any atom is -0.477 e. The lowest BCUT2D eigenvalue weighted by atomic mass is 9.66. The molecule has 1 aromatic carbocycles. The number of benzene rings is 1. The summed E-state index contributed by atoms with van der Waals surface area (Å²) in [6, 6.07) is 3.22. The molecule has 2 aliphatic rings. The van der Waals surface area contributed by atoms with Gasteiger partial charge in [0.2, 0.25) is 5.91 Å². The predicted molar refractivity (Wildman–Crippen MR) is 151 cm³/mol. The number of aliphatic hydroxyl groups is 1. The molecule has 2 N–H and O–H groups in total. The summed E-state index contributed by atoms with van der Waals surface area (Å²) < 4.78 is 12.8. The van der Waals surface area contributed by atoms with Crippen molar-refractivity contribution >= 4 is 51.5 Å². The van der Waals surface area contributed by atoms with E-state index in [1.54, 1.807) is 6.33 Å². The number of carbonyl (C=O) groups excluding carboxylic acids is 2. The van der Waals surface area contributed by atoms with Crippen molar-refractivity contribution in [2.75, 3.05) is 12.9 Å². The van der Waals surface area contributed by atoms with Crippen LogP contribution in [0.3, 0.4) is 0 Å². The minimum atomic E-state index is -1.23. The normalized spacial score (nSPS) is 22.9. The van der Waals surface area contributed by atoms with Gasteiger partial charge in [-0.25, -0.2) is 14.6 Å². The molecular formula is C28H31N3O7S2. The molecule has 2 unspecified atom stereocenters. The lowest BCUT2D eigenvalue weighted by Crippen LogP contribution is -2.66. The molecule has 0 radical (unpaired) electrons. The van der Waals surface area contributed by atoms with Crippen LogP contribution in [-0.4, -0.2) is 67.5 Å². The first-order valence-electron chi connectivity index (χ1n) is 12.8. The van der Waals surface area contributed by atoms with E-state index in [1.807, 2.05) is 56.7 Å². The van der Waals surface area contributed by atoms with Crippen molar-refractivity contribution in [1.82, 2.24) is 14.3 Å². The van der Waals surface area contributed by atoms with Crippen molar-refractivity contribution in [3.8, 4) is 5.75 Å². The van der Waals surface area contributed by atoms with Crippen molar-refractivity contribution in [3.63, 3.8) is 0 Å². The average Bonchev–Trinajstić information content (AvgIpc) is 3.49. The molecule has 1 fully saturated rings. The molecule has 4 atom stereocenters. The van der Waals surface area contributed by atoms with Crippen LogP contribution in [0.5, 0.6) is 5.75 Å². The Bertz CT molecular complexity index is 1550. The molecule has 5 rings (SSSR count). The highest BCUT2D eigenvalue weighted by molar-refractivity contribution is 7.98. The number of β-lactam (4-membered cyclic amide) rings is 1. The fourth-order valence-corrected chi connectivity index (χ4v) is 8.11. The maximum Gasteiger partial charge on any atom is 0.513 e. The predicted octanol–water partition coefficient (Wildman–Crippen LogP) is 4.67. The third-order valence-electron chi connectivity index (χ3n) is 7.82.